The Hall–Kier alpha value is -1.03. The van der Waals surface area contributed by atoms with Crippen molar-refractivity contribution in [3.05, 3.63) is 12.3 Å². The standard InChI is InChI=1S/C5H9NO3/c1-9-3-2-4(6)5(7)8/h2-4H,6H2,1H3,(H,7,8). The predicted octanol–water partition coefficient (Wildman–Crippen LogP) is -0.442. The molecule has 52 valence electrons. The number of carboxylic acid groups (broad SMARTS) is 1. The van der Waals surface area contributed by atoms with E-state index >= 15 is 0 Å². The van der Waals surface area contributed by atoms with E-state index in [-0.39, 0.29) is 0 Å². The number of hydrogen-bond acceptors (Lipinski definition) is 3. The summed E-state index contributed by atoms with van der Waals surface area (Å²) in [5, 5.41) is 8.18. The summed E-state index contributed by atoms with van der Waals surface area (Å²) in [6.07, 6.45) is 2.49. The van der Waals surface area contributed by atoms with Crippen LogP contribution >= 0.6 is 0 Å². The lowest BCUT2D eigenvalue weighted by Crippen LogP contribution is -2.27. The van der Waals surface area contributed by atoms with Crippen molar-refractivity contribution >= 4 is 5.97 Å². The van der Waals surface area contributed by atoms with Crippen LogP contribution in [0.4, 0.5) is 0 Å². The highest BCUT2D eigenvalue weighted by atomic mass is 16.5. The van der Waals surface area contributed by atoms with Crippen molar-refractivity contribution in [2.75, 3.05) is 7.11 Å². The van der Waals surface area contributed by atoms with E-state index in [1.165, 1.54) is 19.4 Å². The Bertz CT molecular complexity index is 121. The highest BCUT2D eigenvalue weighted by molar-refractivity contribution is 5.75. The highest BCUT2D eigenvalue weighted by Gasteiger charge is 2.04. The SMILES string of the molecule is COC=CC(N)C(=O)O. The zero-order valence-corrected chi connectivity index (χ0v) is 5.07. The molecule has 0 aliphatic rings. The van der Waals surface area contributed by atoms with Crippen molar-refractivity contribution in [3.8, 4) is 0 Å². The second-order valence-corrected chi connectivity index (χ2v) is 1.43. The molecule has 0 radical (unpaired) electrons. The molecule has 1 atom stereocenters. The lowest BCUT2D eigenvalue weighted by molar-refractivity contribution is -0.137. The Morgan fingerprint density at radius 2 is 2.44 bits per heavy atom. The molecule has 3 N–H and O–H groups in total. The molecular weight excluding hydrogens is 122 g/mol. The Morgan fingerprint density at radius 1 is 1.89 bits per heavy atom. The molecule has 0 rings (SSSR count). The summed E-state index contributed by atoms with van der Waals surface area (Å²) in [7, 11) is 1.42. The van der Waals surface area contributed by atoms with Gasteiger partial charge in [-0.1, -0.05) is 0 Å². The van der Waals surface area contributed by atoms with Crippen molar-refractivity contribution < 1.29 is 14.6 Å². The summed E-state index contributed by atoms with van der Waals surface area (Å²) in [5.41, 5.74) is 5.04. The maximum atomic E-state index is 9.97. The molecule has 0 aromatic rings. The van der Waals surface area contributed by atoms with Crippen LogP contribution in [0.3, 0.4) is 0 Å². The predicted molar refractivity (Wildman–Crippen MR) is 31.8 cm³/mol. The van der Waals surface area contributed by atoms with Crippen molar-refractivity contribution in [2.45, 2.75) is 6.04 Å². The number of carboxylic acids is 1. The van der Waals surface area contributed by atoms with E-state index in [1.807, 2.05) is 0 Å². The van der Waals surface area contributed by atoms with E-state index in [4.69, 9.17) is 10.8 Å². The molecule has 0 aliphatic heterocycles. The van der Waals surface area contributed by atoms with Crippen LogP contribution in [0.1, 0.15) is 0 Å². The van der Waals surface area contributed by atoms with Gasteiger partial charge in [-0.15, -0.1) is 0 Å². The van der Waals surface area contributed by atoms with E-state index < -0.39 is 12.0 Å². The Kier molecular flexibility index (Phi) is 3.46. The quantitative estimate of drug-likeness (QED) is 0.509. The minimum Gasteiger partial charge on any atom is -0.505 e. The first-order valence-corrected chi connectivity index (χ1v) is 2.36. The summed E-state index contributed by atoms with van der Waals surface area (Å²) >= 11 is 0. The molecular formula is C5H9NO3. The largest absolute Gasteiger partial charge is 0.505 e. The minimum atomic E-state index is -1.07. The monoisotopic (exact) mass is 131 g/mol. The van der Waals surface area contributed by atoms with E-state index in [1.54, 1.807) is 0 Å². The zero-order valence-electron chi connectivity index (χ0n) is 5.07. The highest BCUT2D eigenvalue weighted by Crippen LogP contribution is 1.81. The van der Waals surface area contributed by atoms with Crippen LogP contribution in [0.25, 0.3) is 0 Å². The van der Waals surface area contributed by atoms with Gasteiger partial charge in [0.2, 0.25) is 0 Å². The van der Waals surface area contributed by atoms with Crippen LogP contribution in [0, 0.1) is 0 Å². The topological polar surface area (TPSA) is 72.5 Å². The summed E-state index contributed by atoms with van der Waals surface area (Å²) in [5.74, 6) is -1.07. The third kappa shape index (κ3) is 3.54. The maximum Gasteiger partial charge on any atom is 0.324 e. The van der Waals surface area contributed by atoms with E-state index in [9.17, 15) is 4.79 Å². The second kappa shape index (κ2) is 3.91. The second-order valence-electron chi connectivity index (χ2n) is 1.43. The number of methoxy groups -OCH3 is 1. The van der Waals surface area contributed by atoms with Crippen LogP contribution < -0.4 is 5.73 Å². The van der Waals surface area contributed by atoms with Gasteiger partial charge >= 0.3 is 5.97 Å². The van der Waals surface area contributed by atoms with Gasteiger partial charge in [0.15, 0.2) is 0 Å². The Labute approximate surface area is 52.9 Å². The molecule has 4 heteroatoms. The summed E-state index contributed by atoms with van der Waals surface area (Å²) in [6, 6.07) is -0.968. The summed E-state index contributed by atoms with van der Waals surface area (Å²) in [6.45, 7) is 0. The first kappa shape index (κ1) is 7.97. The molecule has 4 nitrogen and oxygen atoms in total. The van der Waals surface area contributed by atoms with Gasteiger partial charge in [-0.3, -0.25) is 4.79 Å². The lowest BCUT2D eigenvalue weighted by Gasteiger charge is -1.95. The molecule has 0 heterocycles. The molecule has 0 bridgehead atoms. The van der Waals surface area contributed by atoms with Crippen LogP contribution in [-0.2, 0) is 9.53 Å². The van der Waals surface area contributed by atoms with Gasteiger partial charge in [-0.05, 0) is 6.08 Å². The van der Waals surface area contributed by atoms with Gasteiger partial charge in [-0.25, -0.2) is 0 Å². The van der Waals surface area contributed by atoms with Crippen molar-refractivity contribution in [3.63, 3.8) is 0 Å². The van der Waals surface area contributed by atoms with Gasteiger partial charge in [0, 0.05) is 0 Å². The smallest absolute Gasteiger partial charge is 0.324 e. The van der Waals surface area contributed by atoms with Crippen molar-refractivity contribution in [1.29, 1.82) is 0 Å². The number of aliphatic carboxylic acids is 1. The summed E-state index contributed by atoms with van der Waals surface area (Å²) in [4.78, 5) is 9.97. The fraction of sp³-hybridized carbons (Fsp3) is 0.400. The van der Waals surface area contributed by atoms with Gasteiger partial charge in [0.1, 0.15) is 6.04 Å². The van der Waals surface area contributed by atoms with Gasteiger partial charge in [-0.2, -0.15) is 0 Å². The first-order chi connectivity index (χ1) is 4.18. The average molecular weight is 131 g/mol. The lowest BCUT2D eigenvalue weighted by atomic mass is 10.3. The van der Waals surface area contributed by atoms with Crippen LogP contribution in [0.15, 0.2) is 12.3 Å². The third-order valence-corrected chi connectivity index (χ3v) is 0.707. The molecule has 0 aliphatic carbocycles. The number of carbonyl (C=O) groups is 1. The van der Waals surface area contributed by atoms with E-state index in [0.29, 0.717) is 0 Å². The van der Waals surface area contributed by atoms with E-state index in [2.05, 4.69) is 4.74 Å². The number of hydrogen-bond donors (Lipinski definition) is 2. The minimum absolute atomic E-state index is 0.968. The van der Waals surface area contributed by atoms with Gasteiger partial charge < -0.3 is 15.6 Å². The molecule has 9 heavy (non-hydrogen) atoms. The van der Waals surface area contributed by atoms with Crippen LogP contribution in [-0.4, -0.2) is 24.2 Å². The average Bonchev–Trinajstić information content (AvgIpc) is 1.82. The Balaban J connectivity index is 3.62. The van der Waals surface area contributed by atoms with Crippen molar-refractivity contribution in [2.24, 2.45) is 5.73 Å². The van der Waals surface area contributed by atoms with Crippen molar-refractivity contribution in [1.82, 2.24) is 0 Å². The molecule has 0 aromatic carbocycles. The fourth-order valence-corrected chi connectivity index (χ4v) is 0.246. The molecule has 0 spiro atoms. The number of rotatable bonds is 3. The van der Waals surface area contributed by atoms with Crippen LogP contribution in [0.2, 0.25) is 0 Å². The molecule has 0 amide bonds. The molecule has 1 unspecified atom stereocenters. The Morgan fingerprint density at radius 3 is 2.78 bits per heavy atom. The van der Waals surface area contributed by atoms with E-state index in [0.717, 1.165) is 0 Å². The number of nitrogens with two attached hydrogens (primary N) is 1. The maximum absolute atomic E-state index is 9.97. The van der Waals surface area contributed by atoms with Crippen LogP contribution in [0.5, 0.6) is 0 Å². The molecule has 0 fully saturated rings. The first-order valence-electron chi connectivity index (χ1n) is 2.36. The molecule has 0 aromatic heterocycles. The molecule has 0 saturated heterocycles. The van der Waals surface area contributed by atoms with Gasteiger partial charge in [0.05, 0.1) is 13.4 Å². The third-order valence-electron chi connectivity index (χ3n) is 0.707. The zero-order chi connectivity index (χ0) is 7.28. The van der Waals surface area contributed by atoms with Gasteiger partial charge in [0.25, 0.3) is 0 Å². The molecule has 0 saturated carbocycles. The summed E-state index contributed by atoms with van der Waals surface area (Å²) < 4.78 is 4.44. The fourth-order valence-electron chi connectivity index (χ4n) is 0.246. The normalized spacial score (nSPS) is 13.6. The number of ether oxygens (including phenoxy) is 1.